The second kappa shape index (κ2) is 9.84. The Balaban J connectivity index is 1.78. The molecule has 2 rings (SSSR count). The van der Waals surface area contributed by atoms with Gasteiger partial charge in [0.05, 0.1) is 6.61 Å². The van der Waals surface area contributed by atoms with E-state index in [1.807, 2.05) is 0 Å². The summed E-state index contributed by atoms with van der Waals surface area (Å²) in [5, 5.41) is 0. The fraction of sp³-hybridized carbons (Fsp3) is 0.619. The van der Waals surface area contributed by atoms with Crippen LogP contribution in [0.2, 0.25) is 0 Å². The van der Waals surface area contributed by atoms with Gasteiger partial charge >= 0.3 is 0 Å². The van der Waals surface area contributed by atoms with Crippen molar-refractivity contribution in [2.45, 2.75) is 71.3 Å². The van der Waals surface area contributed by atoms with Gasteiger partial charge < -0.3 is 4.74 Å². The summed E-state index contributed by atoms with van der Waals surface area (Å²) < 4.78 is 5.61. The van der Waals surface area contributed by atoms with Gasteiger partial charge in [-0.1, -0.05) is 56.7 Å². The van der Waals surface area contributed by atoms with Gasteiger partial charge in [0, 0.05) is 6.61 Å². The number of hydrogen-bond acceptors (Lipinski definition) is 1. The van der Waals surface area contributed by atoms with Crippen molar-refractivity contribution >= 4 is 0 Å². The van der Waals surface area contributed by atoms with Gasteiger partial charge in [-0.2, -0.15) is 0 Å². The molecule has 1 aliphatic carbocycles. The van der Waals surface area contributed by atoms with Crippen LogP contribution >= 0.6 is 0 Å². The summed E-state index contributed by atoms with van der Waals surface area (Å²) in [6.07, 6.45) is 13.8. The molecule has 0 unspecified atom stereocenters. The third kappa shape index (κ3) is 5.61. The zero-order valence-corrected chi connectivity index (χ0v) is 14.4. The lowest BCUT2D eigenvalue weighted by molar-refractivity contribution is 0.121. The molecule has 1 aromatic carbocycles. The quantitative estimate of drug-likeness (QED) is 0.407. The molecule has 0 saturated heterocycles. The van der Waals surface area contributed by atoms with Crippen LogP contribution in [0.1, 0.15) is 75.8 Å². The highest BCUT2D eigenvalue weighted by Crippen LogP contribution is 2.36. The van der Waals surface area contributed by atoms with Crippen molar-refractivity contribution < 1.29 is 4.74 Å². The largest absolute Gasteiger partial charge is 0.377 e. The van der Waals surface area contributed by atoms with Crippen molar-refractivity contribution in [1.29, 1.82) is 0 Å². The summed E-state index contributed by atoms with van der Waals surface area (Å²) in [5.74, 6) is 1.59. The van der Waals surface area contributed by atoms with Crippen LogP contribution in [0.25, 0.3) is 0 Å². The summed E-state index contributed by atoms with van der Waals surface area (Å²) in [4.78, 5) is 0. The summed E-state index contributed by atoms with van der Waals surface area (Å²) in [7, 11) is 0. The molecular weight excluding hydrogens is 268 g/mol. The van der Waals surface area contributed by atoms with Crippen molar-refractivity contribution in [2.24, 2.45) is 5.92 Å². The fourth-order valence-corrected chi connectivity index (χ4v) is 3.32. The van der Waals surface area contributed by atoms with E-state index in [-0.39, 0.29) is 0 Å². The van der Waals surface area contributed by atoms with Gasteiger partial charge in [-0.3, -0.25) is 0 Å². The maximum atomic E-state index is 5.61. The second-order valence-electron chi connectivity index (χ2n) is 6.62. The van der Waals surface area contributed by atoms with Gasteiger partial charge in [0.25, 0.3) is 0 Å². The molecule has 0 N–H and O–H groups in total. The standard InChI is InChI=1S/C21H32O/c1-3-5-6-7-18-8-12-20(13-9-18)21-14-10-19(11-15-21)17-22-16-4-2/h6-7,10-11,14-15,18,20H,3-5,8-9,12-13,16-17H2,1-2H3/b7-6+. The molecule has 0 spiro atoms. The van der Waals surface area contributed by atoms with E-state index in [9.17, 15) is 0 Å². The highest BCUT2D eigenvalue weighted by atomic mass is 16.5. The molecule has 1 aliphatic rings. The van der Waals surface area contributed by atoms with Gasteiger partial charge in [0.2, 0.25) is 0 Å². The molecule has 22 heavy (non-hydrogen) atoms. The molecule has 0 bridgehead atoms. The number of ether oxygens (including phenoxy) is 1. The van der Waals surface area contributed by atoms with E-state index in [1.165, 1.54) is 49.7 Å². The zero-order valence-electron chi connectivity index (χ0n) is 14.4. The lowest BCUT2D eigenvalue weighted by Gasteiger charge is -2.27. The van der Waals surface area contributed by atoms with Crippen molar-refractivity contribution in [1.82, 2.24) is 0 Å². The smallest absolute Gasteiger partial charge is 0.0716 e. The minimum atomic E-state index is 0.753. The number of unbranched alkanes of at least 4 members (excludes halogenated alkanes) is 1. The topological polar surface area (TPSA) is 9.23 Å². The van der Waals surface area contributed by atoms with Crippen LogP contribution in [0.5, 0.6) is 0 Å². The van der Waals surface area contributed by atoms with E-state index < -0.39 is 0 Å². The lowest BCUT2D eigenvalue weighted by Crippen LogP contribution is -2.11. The first-order valence-corrected chi connectivity index (χ1v) is 9.16. The first-order chi connectivity index (χ1) is 10.8. The normalized spacial score (nSPS) is 22.3. The Morgan fingerprint density at radius 2 is 1.73 bits per heavy atom. The minimum Gasteiger partial charge on any atom is -0.377 e. The molecule has 0 aromatic heterocycles. The molecule has 0 radical (unpaired) electrons. The maximum absolute atomic E-state index is 5.61. The summed E-state index contributed by atoms with van der Waals surface area (Å²) >= 11 is 0. The van der Waals surface area contributed by atoms with Crippen molar-refractivity contribution in [3.8, 4) is 0 Å². The Kier molecular flexibility index (Phi) is 7.73. The Bertz CT molecular complexity index is 424. The third-order valence-corrected chi connectivity index (χ3v) is 4.70. The van der Waals surface area contributed by atoms with E-state index in [4.69, 9.17) is 4.74 Å². The Morgan fingerprint density at radius 3 is 2.36 bits per heavy atom. The maximum Gasteiger partial charge on any atom is 0.0716 e. The van der Waals surface area contributed by atoms with E-state index >= 15 is 0 Å². The number of hydrogen-bond donors (Lipinski definition) is 0. The van der Waals surface area contributed by atoms with Crippen LogP contribution in [0.15, 0.2) is 36.4 Å². The predicted octanol–water partition coefficient (Wildman–Crippen LogP) is 6.24. The minimum absolute atomic E-state index is 0.753. The van der Waals surface area contributed by atoms with E-state index in [0.29, 0.717) is 0 Å². The van der Waals surface area contributed by atoms with E-state index in [2.05, 4.69) is 50.3 Å². The van der Waals surface area contributed by atoms with Crippen LogP contribution in [-0.4, -0.2) is 6.61 Å². The molecule has 0 heterocycles. The highest BCUT2D eigenvalue weighted by Gasteiger charge is 2.20. The Morgan fingerprint density at radius 1 is 1.00 bits per heavy atom. The van der Waals surface area contributed by atoms with Crippen LogP contribution in [0.4, 0.5) is 0 Å². The zero-order chi connectivity index (χ0) is 15.6. The Hall–Kier alpha value is -1.08. The molecule has 122 valence electrons. The molecule has 1 nitrogen and oxygen atoms in total. The van der Waals surface area contributed by atoms with Crippen LogP contribution in [0.3, 0.4) is 0 Å². The lowest BCUT2D eigenvalue weighted by atomic mass is 9.78. The number of benzene rings is 1. The van der Waals surface area contributed by atoms with Gasteiger partial charge in [-0.25, -0.2) is 0 Å². The molecule has 1 fully saturated rings. The molecule has 1 aromatic rings. The first-order valence-electron chi connectivity index (χ1n) is 9.16. The van der Waals surface area contributed by atoms with Crippen LogP contribution < -0.4 is 0 Å². The fourth-order valence-electron chi connectivity index (χ4n) is 3.32. The van der Waals surface area contributed by atoms with Crippen molar-refractivity contribution in [3.05, 3.63) is 47.5 Å². The van der Waals surface area contributed by atoms with E-state index in [1.54, 1.807) is 0 Å². The average molecular weight is 300 g/mol. The van der Waals surface area contributed by atoms with Crippen LogP contribution in [0, 0.1) is 5.92 Å². The number of allylic oxidation sites excluding steroid dienone is 2. The molecule has 0 atom stereocenters. The van der Waals surface area contributed by atoms with Crippen LogP contribution in [-0.2, 0) is 11.3 Å². The van der Waals surface area contributed by atoms with Gasteiger partial charge in [0.15, 0.2) is 0 Å². The van der Waals surface area contributed by atoms with Gasteiger partial charge in [-0.15, -0.1) is 0 Å². The monoisotopic (exact) mass is 300 g/mol. The summed E-state index contributed by atoms with van der Waals surface area (Å²) in [6.45, 7) is 6.01. The molecule has 0 aliphatic heterocycles. The third-order valence-electron chi connectivity index (χ3n) is 4.70. The predicted molar refractivity (Wildman–Crippen MR) is 95.1 cm³/mol. The van der Waals surface area contributed by atoms with Gasteiger partial charge in [0.1, 0.15) is 0 Å². The molecule has 1 heteroatoms. The molecule has 1 saturated carbocycles. The molecular formula is C21H32O. The molecule has 0 amide bonds. The van der Waals surface area contributed by atoms with Gasteiger partial charge in [-0.05, 0) is 61.5 Å². The summed E-state index contributed by atoms with van der Waals surface area (Å²) in [6, 6.07) is 9.14. The van der Waals surface area contributed by atoms with Crippen molar-refractivity contribution in [2.75, 3.05) is 6.61 Å². The number of rotatable bonds is 8. The second-order valence-corrected chi connectivity index (χ2v) is 6.62. The SMILES string of the molecule is CCC/C=C/C1CCC(c2ccc(COCCC)cc2)CC1. The highest BCUT2D eigenvalue weighted by molar-refractivity contribution is 5.25. The van der Waals surface area contributed by atoms with E-state index in [0.717, 1.165) is 31.5 Å². The average Bonchev–Trinajstić information content (AvgIpc) is 2.57. The summed E-state index contributed by atoms with van der Waals surface area (Å²) in [5.41, 5.74) is 2.82. The van der Waals surface area contributed by atoms with Crippen molar-refractivity contribution in [3.63, 3.8) is 0 Å². The Labute approximate surface area is 136 Å². The first kappa shape index (κ1) is 17.3.